The van der Waals surface area contributed by atoms with Crippen LogP contribution in [-0.4, -0.2) is 12.1 Å². The molecule has 0 aromatic rings. The molecule has 0 aliphatic heterocycles. The molecular weight excluding hydrogens is 159 g/mol. The van der Waals surface area contributed by atoms with Gasteiger partial charge in [0.15, 0.2) is 0 Å². The molecule has 4 N–H and O–H groups in total. The molecule has 4 heteroatoms. The molecule has 0 aromatic carbocycles. The van der Waals surface area contributed by atoms with Crippen molar-refractivity contribution >= 4 is 24.8 Å². The summed E-state index contributed by atoms with van der Waals surface area (Å²) in [4.78, 5) is 0. The van der Waals surface area contributed by atoms with Crippen LogP contribution < -0.4 is 11.5 Å². The maximum absolute atomic E-state index is 5.41. The lowest BCUT2D eigenvalue weighted by molar-refractivity contribution is 0.580. The zero-order valence-corrected chi connectivity index (χ0v) is 7.47. The summed E-state index contributed by atoms with van der Waals surface area (Å²) in [6.07, 6.45) is 0.917. The van der Waals surface area contributed by atoms with Gasteiger partial charge in [-0.25, -0.2) is 0 Å². The molecule has 0 radical (unpaired) electrons. The Morgan fingerprint density at radius 2 is 1.22 bits per heavy atom. The minimum atomic E-state index is 0. The lowest BCUT2D eigenvalue weighted by Gasteiger charge is -2.06. The second-order valence-electron chi connectivity index (χ2n) is 2.19. The molecule has 0 spiro atoms. The van der Waals surface area contributed by atoms with Crippen molar-refractivity contribution in [2.45, 2.75) is 32.4 Å². The Bertz CT molecular complexity index is 42.2. The van der Waals surface area contributed by atoms with Crippen LogP contribution in [-0.2, 0) is 0 Å². The van der Waals surface area contributed by atoms with E-state index in [1.165, 1.54) is 0 Å². The van der Waals surface area contributed by atoms with Gasteiger partial charge < -0.3 is 11.5 Å². The van der Waals surface area contributed by atoms with E-state index in [9.17, 15) is 0 Å². The molecule has 2 atom stereocenters. The summed E-state index contributed by atoms with van der Waals surface area (Å²) in [7, 11) is 0. The van der Waals surface area contributed by atoms with E-state index in [-0.39, 0.29) is 36.9 Å². The summed E-state index contributed by atoms with van der Waals surface area (Å²) in [5.74, 6) is 0. The third-order valence-corrected chi connectivity index (χ3v) is 0.744. The van der Waals surface area contributed by atoms with E-state index in [0.29, 0.717) is 0 Å². The number of hydrogen-bond donors (Lipinski definition) is 2. The smallest absolute Gasteiger partial charge is 0.00251 e. The Morgan fingerprint density at radius 1 is 1.00 bits per heavy atom. The maximum Gasteiger partial charge on any atom is 0.00251 e. The number of nitrogens with two attached hydrogens (primary N) is 2. The quantitative estimate of drug-likeness (QED) is 0.655. The standard InChI is InChI=1S/C5H14N2.2ClH/c1-4(6)3-5(2)7;;/h4-5H,3,6-7H2,1-2H3;2*1H. The second kappa shape index (κ2) is 8.50. The first-order valence-corrected chi connectivity index (χ1v) is 2.64. The molecule has 2 unspecified atom stereocenters. The summed E-state index contributed by atoms with van der Waals surface area (Å²) < 4.78 is 0. The van der Waals surface area contributed by atoms with E-state index >= 15 is 0 Å². The van der Waals surface area contributed by atoms with Crippen LogP contribution in [0, 0.1) is 0 Å². The van der Waals surface area contributed by atoms with Crippen LogP contribution in [0.4, 0.5) is 0 Å². The summed E-state index contributed by atoms with van der Waals surface area (Å²) in [5, 5.41) is 0. The molecule has 2 nitrogen and oxygen atoms in total. The van der Waals surface area contributed by atoms with Gasteiger partial charge in [0.05, 0.1) is 0 Å². The van der Waals surface area contributed by atoms with Gasteiger partial charge in [-0.2, -0.15) is 0 Å². The fraction of sp³-hybridized carbons (Fsp3) is 1.00. The lowest BCUT2D eigenvalue weighted by Crippen LogP contribution is -2.26. The minimum absolute atomic E-state index is 0. The molecule has 0 aliphatic rings. The third-order valence-electron chi connectivity index (χ3n) is 0.744. The van der Waals surface area contributed by atoms with Gasteiger partial charge in [-0.05, 0) is 20.3 Å². The highest BCUT2D eigenvalue weighted by molar-refractivity contribution is 5.85. The Hall–Kier alpha value is 0.500. The van der Waals surface area contributed by atoms with Gasteiger partial charge in [0.2, 0.25) is 0 Å². The monoisotopic (exact) mass is 174 g/mol. The molecule has 0 aliphatic carbocycles. The van der Waals surface area contributed by atoms with Crippen molar-refractivity contribution in [2.75, 3.05) is 0 Å². The normalized spacial score (nSPS) is 14.7. The molecule has 0 fully saturated rings. The van der Waals surface area contributed by atoms with E-state index in [0.717, 1.165) is 6.42 Å². The largest absolute Gasteiger partial charge is 0.328 e. The highest BCUT2D eigenvalue weighted by atomic mass is 35.5. The van der Waals surface area contributed by atoms with Gasteiger partial charge in [-0.1, -0.05) is 0 Å². The highest BCUT2D eigenvalue weighted by Gasteiger charge is 1.96. The average molecular weight is 175 g/mol. The van der Waals surface area contributed by atoms with Gasteiger partial charge in [0, 0.05) is 12.1 Å². The zero-order valence-electron chi connectivity index (χ0n) is 5.83. The van der Waals surface area contributed by atoms with Crippen LogP contribution in [0.25, 0.3) is 0 Å². The fourth-order valence-corrected chi connectivity index (χ4v) is 0.586. The van der Waals surface area contributed by atoms with Crippen molar-refractivity contribution in [3.63, 3.8) is 0 Å². The molecule has 0 amide bonds. The minimum Gasteiger partial charge on any atom is -0.328 e. The first-order valence-electron chi connectivity index (χ1n) is 2.64. The summed E-state index contributed by atoms with van der Waals surface area (Å²) in [6, 6.07) is 0.500. The molecule has 60 valence electrons. The number of halogens is 2. The third kappa shape index (κ3) is 17.7. The first-order chi connectivity index (χ1) is 3.13. The van der Waals surface area contributed by atoms with E-state index < -0.39 is 0 Å². The van der Waals surface area contributed by atoms with Gasteiger partial charge in [0.25, 0.3) is 0 Å². The molecule has 0 saturated heterocycles. The molecule has 0 rings (SSSR count). The molecule has 0 bridgehead atoms. The predicted octanol–water partition coefficient (Wildman–Crippen LogP) is 0.914. The van der Waals surface area contributed by atoms with Crippen LogP contribution in [0.15, 0.2) is 0 Å². The van der Waals surface area contributed by atoms with Crippen molar-refractivity contribution in [2.24, 2.45) is 11.5 Å². The average Bonchev–Trinajstić information content (AvgIpc) is 1.27. The SMILES string of the molecule is CC(N)CC(C)N.Cl.Cl. The van der Waals surface area contributed by atoms with Crippen LogP contribution in [0.2, 0.25) is 0 Å². The Kier molecular flexibility index (Phi) is 15.3. The van der Waals surface area contributed by atoms with Crippen molar-refractivity contribution in [3.05, 3.63) is 0 Å². The van der Waals surface area contributed by atoms with Crippen LogP contribution in [0.1, 0.15) is 20.3 Å². The number of hydrogen-bond acceptors (Lipinski definition) is 2. The van der Waals surface area contributed by atoms with E-state index in [2.05, 4.69) is 0 Å². The Balaban J connectivity index is -0.000000180. The predicted molar refractivity (Wildman–Crippen MR) is 46.4 cm³/mol. The topological polar surface area (TPSA) is 52.0 Å². The maximum atomic E-state index is 5.41. The highest BCUT2D eigenvalue weighted by Crippen LogP contribution is 1.88. The van der Waals surface area contributed by atoms with E-state index in [1.807, 2.05) is 13.8 Å². The summed E-state index contributed by atoms with van der Waals surface area (Å²) in [5.41, 5.74) is 10.8. The second-order valence-corrected chi connectivity index (χ2v) is 2.19. The van der Waals surface area contributed by atoms with Gasteiger partial charge in [0.1, 0.15) is 0 Å². The Morgan fingerprint density at radius 3 is 1.22 bits per heavy atom. The number of rotatable bonds is 2. The van der Waals surface area contributed by atoms with Crippen LogP contribution in [0.5, 0.6) is 0 Å². The van der Waals surface area contributed by atoms with E-state index in [1.54, 1.807) is 0 Å². The molecule has 0 aromatic heterocycles. The van der Waals surface area contributed by atoms with Gasteiger partial charge in [-0.3, -0.25) is 0 Å². The first kappa shape index (κ1) is 16.2. The van der Waals surface area contributed by atoms with E-state index in [4.69, 9.17) is 11.5 Å². The van der Waals surface area contributed by atoms with Crippen molar-refractivity contribution in [1.29, 1.82) is 0 Å². The zero-order chi connectivity index (χ0) is 5.86. The van der Waals surface area contributed by atoms with Crippen molar-refractivity contribution in [1.82, 2.24) is 0 Å². The van der Waals surface area contributed by atoms with Crippen LogP contribution in [0.3, 0.4) is 0 Å². The summed E-state index contributed by atoms with van der Waals surface area (Å²) in [6.45, 7) is 3.92. The molecule has 9 heavy (non-hydrogen) atoms. The van der Waals surface area contributed by atoms with Crippen molar-refractivity contribution in [3.8, 4) is 0 Å². The van der Waals surface area contributed by atoms with Crippen molar-refractivity contribution < 1.29 is 0 Å². The van der Waals surface area contributed by atoms with Crippen LogP contribution >= 0.6 is 24.8 Å². The summed E-state index contributed by atoms with van der Waals surface area (Å²) >= 11 is 0. The lowest BCUT2D eigenvalue weighted by atomic mass is 10.1. The fourth-order valence-electron chi connectivity index (χ4n) is 0.586. The Labute approximate surface area is 69.2 Å². The van der Waals surface area contributed by atoms with Gasteiger partial charge >= 0.3 is 0 Å². The molecule has 0 saturated carbocycles. The molecular formula is C5H16Cl2N2. The van der Waals surface area contributed by atoms with Gasteiger partial charge in [-0.15, -0.1) is 24.8 Å². The molecule has 0 heterocycles.